The highest BCUT2D eigenvalue weighted by Gasteiger charge is 2.47. The molecule has 5 atom stereocenters. The summed E-state index contributed by atoms with van der Waals surface area (Å²) < 4.78 is 54.2. The molecule has 208 valence electrons. The molecule has 0 aliphatic carbocycles. The van der Waals surface area contributed by atoms with Gasteiger partial charge in [0.15, 0.2) is 17.5 Å². The second kappa shape index (κ2) is 11.9. The van der Waals surface area contributed by atoms with E-state index in [9.17, 15) is 23.4 Å². The van der Waals surface area contributed by atoms with Crippen molar-refractivity contribution in [1.29, 1.82) is 0 Å². The monoisotopic (exact) mass is 583 g/mol. The van der Waals surface area contributed by atoms with Crippen LogP contribution in [-0.2, 0) is 9.47 Å². The van der Waals surface area contributed by atoms with Crippen LogP contribution in [0.15, 0.2) is 41.6 Å². The highest BCUT2D eigenvalue weighted by Crippen LogP contribution is 2.42. The lowest BCUT2D eigenvalue weighted by atomic mass is 9.97. The quantitative estimate of drug-likeness (QED) is 0.361. The van der Waals surface area contributed by atoms with Crippen LogP contribution in [0.25, 0.3) is 16.8 Å². The van der Waals surface area contributed by atoms with Gasteiger partial charge in [0.05, 0.1) is 23.5 Å². The first-order chi connectivity index (χ1) is 18.8. The molecular formula is C25H25ClF3N5O4S. The number of aliphatic hydroxyl groups is 2. The van der Waals surface area contributed by atoms with Crippen LogP contribution < -0.4 is 5.32 Å². The molecule has 2 aliphatic rings. The molecule has 39 heavy (non-hydrogen) atoms. The van der Waals surface area contributed by atoms with E-state index in [0.717, 1.165) is 41.3 Å². The van der Waals surface area contributed by atoms with E-state index in [0.29, 0.717) is 11.6 Å². The molecule has 1 aromatic carbocycles. The molecule has 5 rings (SSSR count). The molecule has 2 aromatic heterocycles. The minimum absolute atomic E-state index is 0.0392. The van der Waals surface area contributed by atoms with Gasteiger partial charge in [0.1, 0.15) is 35.5 Å². The molecule has 0 saturated carbocycles. The molecule has 9 nitrogen and oxygen atoms in total. The van der Waals surface area contributed by atoms with Crippen LogP contribution in [-0.4, -0.2) is 80.7 Å². The molecule has 14 heteroatoms. The number of hydrogen-bond acceptors (Lipinski definition) is 9. The largest absolute Gasteiger partial charge is 0.394 e. The van der Waals surface area contributed by atoms with E-state index in [-0.39, 0.29) is 11.3 Å². The summed E-state index contributed by atoms with van der Waals surface area (Å²) in [5.41, 5.74) is 1.05. The molecule has 3 N–H and O–H groups in total. The van der Waals surface area contributed by atoms with Crippen molar-refractivity contribution >= 4 is 28.9 Å². The Labute approximate surface area is 231 Å². The van der Waals surface area contributed by atoms with E-state index in [2.05, 4.69) is 26.7 Å². The molecule has 1 saturated heterocycles. The van der Waals surface area contributed by atoms with E-state index in [1.54, 1.807) is 12.3 Å². The lowest BCUT2D eigenvalue weighted by molar-refractivity contribution is -0.186. The second-order valence-electron chi connectivity index (χ2n) is 9.05. The Morgan fingerprint density at radius 3 is 2.69 bits per heavy atom. The average Bonchev–Trinajstić information content (AvgIpc) is 3.42. The third-order valence-electron chi connectivity index (χ3n) is 6.62. The lowest BCUT2D eigenvalue weighted by Gasteiger charge is -2.43. The van der Waals surface area contributed by atoms with E-state index in [1.165, 1.54) is 29.8 Å². The fourth-order valence-corrected chi connectivity index (χ4v) is 6.25. The van der Waals surface area contributed by atoms with Crippen molar-refractivity contribution in [3.8, 4) is 11.3 Å². The van der Waals surface area contributed by atoms with E-state index < -0.39 is 53.8 Å². The number of halogens is 4. The number of hydrogen-bond donors (Lipinski definition) is 3. The highest BCUT2D eigenvalue weighted by atomic mass is 35.5. The van der Waals surface area contributed by atoms with Gasteiger partial charge in [-0.25, -0.2) is 17.9 Å². The summed E-state index contributed by atoms with van der Waals surface area (Å²) in [5, 5.41) is 32.8. The highest BCUT2D eigenvalue weighted by molar-refractivity contribution is 7.99. The van der Waals surface area contributed by atoms with Crippen molar-refractivity contribution in [3.63, 3.8) is 0 Å². The summed E-state index contributed by atoms with van der Waals surface area (Å²) in [5.74, 6) is -4.33. The van der Waals surface area contributed by atoms with Gasteiger partial charge in [-0.15, -0.1) is 5.10 Å². The van der Waals surface area contributed by atoms with Gasteiger partial charge in [0, 0.05) is 30.3 Å². The average molecular weight is 584 g/mol. The van der Waals surface area contributed by atoms with Crippen molar-refractivity contribution < 1.29 is 32.9 Å². The zero-order valence-corrected chi connectivity index (χ0v) is 22.2. The number of pyridine rings is 1. The Balaban J connectivity index is 1.49. The molecule has 2 aliphatic heterocycles. The molecule has 1 fully saturated rings. The van der Waals surface area contributed by atoms with Gasteiger partial charge in [-0.05, 0) is 36.7 Å². The van der Waals surface area contributed by atoms with Crippen molar-refractivity contribution in [3.05, 3.63) is 64.8 Å². The SMILES string of the molecule is COC1C(Sc2cc(Cl)cnc2C2=CCNCC2)OC(CO)C(O)C1n1cc(-c2cc(F)c(F)c(F)c2)nn1. The van der Waals surface area contributed by atoms with E-state index in [1.807, 2.05) is 0 Å². The first-order valence-electron chi connectivity index (χ1n) is 12.1. The van der Waals surface area contributed by atoms with Crippen molar-refractivity contribution in [2.24, 2.45) is 0 Å². The summed E-state index contributed by atoms with van der Waals surface area (Å²) in [6.07, 6.45) is 2.64. The smallest absolute Gasteiger partial charge is 0.194 e. The minimum atomic E-state index is -1.59. The summed E-state index contributed by atoms with van der Waals surface area (Å²) in [7, 11) is 1.44. The molecule has 0 spiro atoms. The Kier molecular flexibility index (Phi) is 8.57. The summed E-state index contributed by atoms with van der Waals surface area (Å²) in [4.78, 5) is 5.28. The molecule has 3 aromatic rings. The van der Waals surface area contributed by atoms with Crippen molar-refractivity contribution in [2.45, 2.75) is 41.1 Å². The molecule has 0 radical (unpaired) electrons. The Morgan fingerprint density at radius 2 is 2.03 bits per heavy atom. The van der Waals surface area contributed by atoms with Crippen LogP contribution >= 0.6 is 23.4 Å². The van der Waals surface area contributed by atoms with Crippen LogP contribution in [0.5, 0.6) is 0 Å². The van der Waals surface area contributed by atoms with E-state index in [4.69, 9.17) is 21.1 Å². The number of methoxy groups -OCH3 is 1. The summed E-state index contributed by atoms with van der Waals surface area (Å²) >= 11 is 7.56. The van der Waals surface area contributed by atoms with Crippen LogP contribution in [0.2, 0.25) is 5.02 Å². The number of thioether (sulfide) groups is 1. The van der Waals surface area contributed by atoms with Gasteiger partial charge >= 0.3 is 0 Å². The molecule has 5 unspecified atom stereocenters. The minimum Gasteiger partial charge on any atom is -0.394 e. The molecule has 0 bridgehead atoms. The van der Waals surface area contributed by atoms with Gasteiger partial charge in [-0.1, -0.05) is 34.7 Å². The Bertz CT molecular complexity index is 1360. The van der Waals surface area contributed by atoms with Gasteiger partial charge in [-0.3, -0.25) is 4.98 Å². The van der Waals surface area contributed by atoms with Gasteiger partial charge < -0.3 is 25.0 Å². The maximum absolute atomic E-state index is 13.8. The van der Waals surface area contributed by atoms with Crippen LogP contribution in [0.1, 0.15) is 18.2 Å². The fourth-order valence-electron chi connectivity index (χ4n) is 4.68. The predicted molar refractivity (Wildman–Crippen MR) is 137 cm³/mol. The van der Waals surface area contributed by atoms with Crippen molar-refractivity contribution in [1.82, 2.24) is 25.3 Å². The standard InChI is InChI=1S/C25H25ClF3N5O4S/c1-37-24-22(34-10-17(32-33-34)13-6-15(27)20(29)16(28)7-13)23(36)18(11-35)38-25(24)39-19-8-14(26)9-31-21(19)12-2-4-30-5-3-12/h2,6-10,18,22-25,30,35-36H,3-5,11H2,1H3. The van der Waals surface area contributed by atoms with Crippen molar-refractivity contribution in [2.75, 3.05) is 26.8 Å². The molecule has 0 amide bonds. The number of aromatic nitrogens is 4. The number of benzene rings is 1. The number of aliphatic hydroxyl groups excluding tert-OH is 2. The number of nitrogens with zero attached hydrogens (tertiary/aromatic N) is 4. The van der Waals surface area contributed by atoms with Crippen LogP contribution in [0.4, 0.5) is 13.2 Å². The maximum Gasteiger partial charge on any atom is 0.194 e. The van der Waals surface area contributed by atoms with Crippen LogP contribution in [0.3, 0.4) is 0 Å². The van der Waals surface area contributed by atoms with E-state index >= 15 is 0 Å². The maximum atomic E-state index is 13.8. The van der Waals surface area contributed by atoms with Gasteiger partial charge in [0.25, 0.3) is 0 Å². The topological polar surface area (TPSA) is 115 Å². The summed E-state index contributed by atoms with van der Waals surface area (Å²) in [6.45, 7) is 1.01. The molecule has 4 heterocycles. The number of ether oxygens (including phenoxy) is 2. The number of nitrogens with one attached hydrogen (secondary N) is 1. The number of rotatable bonds is 7. The Hall–Kier alpha value is -2.52. The first-order valence-corrected chi connectivity index (χ1v) is 13.3. The third kappa shape index (κ3) is 5.71. The molecular weight excluding hydrogens is 559 g/mol. The fraction of sp³-hybridized carbons (Fsp3) is 0.400. The van der Waals surface area contributed by atoms with Crippen LogP contribution in [0, 0.1) is 17.5 Å². The van der Waals surface area contributed by atoms with Gasteiger partial charge in [-0.2, -0.15) is 0 Å². The zero-order chi connectivity index (χ0) is 27.7. The Morgan fingerprint density at radius 1 is 1.26 bits per heavy atom. The predicted octanol–water partition coefficient (Wildman–Crippen LogP) is 3.21. The second-order valence-corrected chi connectivity index (χ2v) is 10.6. The normalized spacial score (nSPS) is 25.5. The van der Waals surface area contributed by atoms with Gasteiger partial charge in [0.2, 0.25) is 0 Å². The third-order valence-corrected chi connectivity index (χ3v) is 8.01. The first kappa shape index (κ1) is 28.0. The lowest BCUT2D eigenvalue weighted by Crippen LogP contribution is -2.55. The zero-order valence-electron chi connectivity index (χ0n) is 20.6. The summed E-state index contributed by atoms with van der Waals surface area (Å²) in [6, 6.07) is 2.47.